The Kier molecular flexibility index (Phi) is 6.78. The van der Waals surface area contributed by atoms with Crippen molar-refractivity contribution in [1.29, 1.82) is 0 Å². The van der Waals surface area contributed by atoms with Crippen LogP contribution in [-0.2, 0) is 11.3 Å². The number of benzene rings is 1. The average Bonchev–Trinajstić information content (AvgIpc) is 3.56. The van der Waals surface area contributed by atoms with Crippen LogP contribution < -0.4 is 5.56 Å². The van der Waals surface area contributed by atoms with Crippen molar-refractivity contribution in [3.8, 4) is 0 Å². The highest BCUT2D eigenvalue weighted by atomic mass is 16.3. The first-order valence-electron chi connectivity index (χ1n) is 12.4. The number of hydrogen-bond acceptors (Lipinski definition) is 6. The monoisotopic (exact) mass is 463 g/mol. The van der Waals surface area contributed by atoms with Crippen molar-refractivity contribution in [1.82, 2.24) is 24.3 Å². The van der Waals surface area contributed by atoms with Crippen LogP contribution in [0.4, 0.5) is 0 Å². The number of rotatable bonds is 7. The minimum Gasteiger partial charge on any atom is -0.446 e. The third-order valence-corrected chi connectivity index (χ3v) is 7.15. The van der Waals surface area contributed by atoms with Gasteiger partial charge in [0.2, 0.25) is 11.6 Å². The van der Waals surface area contributed by atoms with Gasteiger partial charge >= 0.3 is 0 Å². The third kappa shape index (κ3) is 4.65. The van der Waals surface area contributed by atoms with Crippen LogP contribution in [0.5, 0.6) is 0 Å². The van der Waals surface area contributed by atoms with E-state index in [1.807, 2.05) is 39.8 Å². The maximum atomic E-state index is 13.4. The van der Waals surface area contributed by atoms with Gasteiger partial charge in [-0.25, -0.2) is 0 Å². The molecule has 1 unspecified atom stereocenters. The molecule has 5 rings (SSSR count). The summed E-state index contributed by atoms with van der Waals surface area (Å²) in [6.45, 7) is 8.26. The van der Waals surface area contributed by atoms with Crippen LogP contribution in [-0.4, -0.2) is 76.0 Å². The molecule has 0 N–H and O–H groups in total. The summed E-state index contributed by atoms with van der Waals surface area (Å²) in [6.07, 6.45) is 4.61. The molecule has 2 aromatic heterocycles. The van der Waals surface area contributed by atoms with E-state index in [0.717, 1.165) is 69.9 Å². The summed E-state index contributed by atoms with van der Waals surface area (Å²) in [6, 6.07) is 11.7. The zero-order valence-electron chi connectivity index (χ0n) is 19.9. The molecule has 0 saturated carbocycles. The number of carbonyl (C=O) groups is 1. The number of piperazine rings is 1. The highest BCUT2D eigenvalue weighted by Gasteiger charge is 2.30. The second kappa shape index (κ2) is 10.1. The van der Waals surface area contributed by atoms with E-state index in [1.165, 1.54) is 6.26 Å². The summed E-state index contributed by atoms with van der Waals surface area (Å²) in [5.74, 6) is 1.00. The summed E-state index contributed by atoms with van der Waals surface area (Å²) in [5.41, 5.74) is 1.40. The van der Waals surface area contributed by atoms with Crippen LogP contribution in [0.3, 0.4) is 0 Å². The zero-order valence-corrected chi connectivity index (χ0v) is 19.9. The Morgan fingerprint density at radius 1 is 1.03 bits per heavy atom. The van der Waals surface area contributed by atoms with Gasteiger partial charge in [-0.1, -0.05) is 37.3 Å². The lowest BCUT2D eigenvalue weighted by atomic mass is 10.1. The minimum absolute atomic E-state index is 0.00217. The van der Waals surface area contributed by atoms with E-state index < -0.39 is 0 Å². The number of furan rings is 1. The van der Waals surface area contributed by atoms with Crippen molar-refractivity contribution in [2.75, 3.05) is 45.8 Å². The van der Waals surface area contributed by atoms with Crippen LogP contribution in [0.25, 0.3) is 11.1 Å². The molecule has 8 heteroatoms. The minimum atomic E-state index is -0.0640. The second-order valence-electron chi connectivity index (χ2n) is 9.31. The summed E-state index contributed by atoms with van der Waals surface area (Å²) in [7, 11) is 0. The molecule has 0 aliphatic carbocycles. The molecule has 4 heterocycles. The largest absolute Gasteiger partial charge is 0.446 e. The SMILES string of the molecule is CCC(c1nc2occc2c(=O)n1Cc1ccccc1)N1CCN(CC(=O)N2CCCC2)CC1. The Hall–Kier alpha value is -2.97. The van der Waals surface area contributed by atoms with E-state index in [2.05, 4.69) is 16.7 Å². The zero-order chi connectivity index (χ0) is 23.5. The van der Waals surface area contributed by atoms with E-state index in [1.54, 1.807) is 6.07 Å². The summed E-state index contributed by atoms with van der Waals surface area (Å²) in [4.78, 5) is 37.5. The van der Waals surface area contributed by atoms with Gasteiger partial charge in [-0.2, -0.15) is 4.98 Å². The van der Waals surface area contributed by atoms with Crippen molar-refractivity contribution in [2.45, 2.75) is 38.8 Å². The van der Waals surface area contributed by atoms with Crippen LogP contribution >= 0.6 is 0 Å². The highest BCUT2D eigenvalue weighted by molar-refractivity contribution is 5.78. The van der Waals surface area contributed by atoms with Gasteiger partial charge < -0.3 is 9.32 Å². The molecule has 180 valence electrons. The van der Waals surface area contributed by atoms with Gasteiger partial charge in [-0.3, -0.25) is 24.0 Å². The highest BCUT2D eigenvalue weighted by Crippen LogP contribution is 2.26. The topological polar surface area (TPSA) is 74.8 Å². The second-order valence-corrected chi connectivity index (χ2v) is 9.31. The van der Waals surface area contributed by atoms with Crippen molar-refractivity contribution in [3.63, 3.8) is 0 Å². The number of nitrogens with zero attached hydrogens (tertiary/aromatic N) is 5. The molecule has 8 nitrogen and oxygen atoms in total. The van der Waals surface area contributed by atoms with Gasteiger partial charge in [0.1, 0.15) is 11.2 Å². The van der Waals surface area contributed by atoms with Crippen LogP contribution in [0.1, 0.15) is 43.6 Å². The molecular formula is C26H33N5O3. The lowest BCUT2D eigenvalue weighted by molar-refractivity contribution is -0.131. The molecule has 0 spiro atoms. The number of likely N-dealkylation sites (tertiary alicyclic amines) is 1. The van der Waals surface area contributed by atoms with Crippen molar-refractivity contribution in [3.05, 3.63) is 64.4 Å². The van der Waals surface area contributed by atoms with E-state index in [0.29, 0.717) is 24.2 Å². The number of aromatic nitrogens is 2. The van der Waals surface area contributed by atoms with Gasteiger partial charge in [0.15, 0.2) is 0 Å². The first-order chi connectivity index (χ1) is 16.6. The first kappa shape index (κ1) is 22.8. The van der Waals surface area contributed by atoms with Gasteiger partial charge in [0.05, 0.1) is 25.4 Å². The Balaban J connectivity index is 1.36. The van der Waals surface area contributed by atoms with E-state index in [9.17, 15) is 9.59 Å². The van der Waals surface area contributed by atoms with Crippen molar-refractivity contribution >= 4 is 17.0 Å². The third-order valence-electron chi connectivity index (χ3n) is 7.15. The smallest absolute Gasteiger partial charge is 0.265 e. The number of carbonyl (C=O) groups excluding carboxylic acids is 1. The Labute approximate surface area is 199 Å². The summed E-state index contributed by atoms with van der Waals surface area (Å²) < 4.78 is 7.35. The average molecular weight is 464 g/mol. The number of fused-ring (bicyclic) bond motifs is 1. The summed E-state index contributed by atoms with van der Waals surface area (Å²) in [5, 5.41) is 0.514. The molecule has 0 radical (unpaired) electrons. The normalized spacial score (nSPS) is 18.6. The predicted octanol–water partition coefficient (Wildman–Crippen LogP) is 2.73. The first-order valence-corrected chi connectivity index (χ1v) is 12.4. The molecule has 1 amide bonds. The number of amides is 1. The van der Waals surface area contributed by atoms with Crippen LogP contribution in [0, 0.1) is 0 Å². The Morgan fingerprint density at radius 3 is 2.47 bits per heavy atom. The summed E-state index contributed by atoms with van der Waals surface area (Å²) >= 11 is 0. The van der Waals surface area contributed by atoms with E-state index >= 15 is 0 Å². The molecular weight excluding hydrogens is 430 g/mol. The molecule has 2 saturated heterocycles. The van der Waals surface area contributed by atoms with Crippen LogP contribution in [0.15, 0.2) is 51.9 Å². The van der Waals surface area contributed by atoms with Gasteiger partial charge in [-0.05, 0) is 30.9 Å². The van der Waals surface area contributed by atoms with Gasteiger partial charge in [0.25, 0.3) is 5.56 Å². The number of hydrogen-bond donors (Lipinski definition) is 0. The predicted molar refractivity (Wildman–Crippen MR) is 131 cm³/mol. The van der Waals surface area contributed by atoms with Crippen molar-refractivity contribution < 1.29 is 9.21 Å². The van der Waals surface area contributed by atoms with E-state index in [4.69, 9.17) is 9.40 Å². The Bertz CT molecular complexity index is 1170. The Morgan fingerprint density at radius 2 is 1.76 bits per heavy atom. The maximum absolute atomic E-state index is 13.4. The molecule has 2 aliphatic rings. The van der Waals surface area contributed by atoms with Crippen LogP contribution in [0.2, 0.25) is 0 Å². The van der Waals surface area contributed by atoms with E-state index in [-0.39, 0.29) is 17.5 Å². The maximum Gasteiger partial charge on any atom is 0.265 e. The lowest BCUT2D eigenvalue weighted by Crippen LogP contribution is -2.51. The molecule has 2 fully saturated rings. The quantitative estimate of drug-likeness (QED) is 0.536. The molecule has 1 atom stereocenters. The molecule has 3 aromatic rings. The molecule has 0 bridgehead atoms. The standard InChI is InChI=1S/C26H33N5O3/c1-2-22(29-15-13-28(14-16-29)19-23(32)30-11-6-7-12-30)24-27-25-21(10-17-34-25)26(33)31(24)18-20-8-4-3-5-9-20/h3-5,8-10,17,22H,2,6-7,11-16,18-19H2,1H3. The fourth-order valence-electron chi connectivity index (χ4n) is 5.23. The molecule has 34 heavy (non-hydrogen) atoms. The van der Waals surface area contributed by atoms with Gasteiger partial charge in [-0.15, -0.1) is 0 Å². The molecule has 1 aromatic carbocycles. The van der Waals surface area contributed by atoms with Crippen molar-refractivity contribution in [2.24, 2.45) is 0 Å². The fourth-order valence-corrected chi connectivity index (χ4v) is 5.23. The van der Waals surface area contributed by atoms with Gasteiger partial charge in [0, 0.05) is 39.3 Å². The molecule has 2 aliphatic heterocycles. The lowest BCUT2D eigenvalue weighted by Gasteiger charge is -2.39. The fraction of sp³-hybridized carbons (Fsp3) is 0.500.